The molecule has 0 unspecified atom stereocenters. The molecule has 0 aromatic rings. The first-order chi connectivity index (χ1) is 7.33. The Balaban J connectivity index is 1.96. The van der Waals surface area contributed by atoms with E-state index in [2.05, 4.69) is 0 Å². The Labute approximate surface area is 89.0 Å². The van der Waals surface area contributed by atoms with Gasteiger partial charge in [0.15, 0.2) is 0 Å². The second-order valence-electron chi connectivity index (χ2n) is 3.94. The second kappa shape index (κ2) is 4.61. The highest BCUT2D eigenvalue weighted by Crippen LogP contribution is 2.17. The molecule has 5 heteroatoms. The zero-order valence-corrected chi connectivity index (χ0v) is 8.72. The van der Waals surface area contributed by atoms with Crippen LogP contribution in [0.2, 0.25) is 0 Å². The van der Waals surface area contributed by atoms with Crippen molar-refractivity contribution >= 4 is 12.3 Å². The van der Waals surface area contributed by atoms with Gasteiger partial charge in [-0.25, -0.2) is 0 Å². The molecule has 2 amide bonds. The average Bonchev–Trinajstić information content (AvgIpc) is 2.77. The zero-order chi connectivity index (χ0) is 10.7. The smallest absolute Gasteiger partial charge is 0.245 e. The maximum absolute atomic E-state index is 12.0. The maximum Gasteiger partial charge on any atom is 0.245 e. The van der Waals surface area contributed by atoms with Crippen LogP contribution in [0.15, 0.2) is 0 Å². The SMILES string of the molecule is O=CN1CCC[C@H]1C(=O)N1CCOCC1. The van der Waals surface area contributed by atoms with Crippen LogP contribution in [0.1, 0.15) is 12.8 Å². The molecule has 2 rings (SSSR count). The van der Waals surface area contributed by atoms with Gasteiger partial charge >= 0.3 is 0 Å². The lowest BCUT2D eigenvalue weighted by Crippen LogP contribution is -2.49. The lowest BCUT2D eigenvalue weighted by molar-refractivity contribution is -0.142. The third-order valence-electron chi connectivity index (χ3n) is 3.04. The summed E-state index contributed by atoms with van der Waals surface area (Å²) >= 11 is 0. The number of hydrogen-bond donors (Lipinski definition) is 0. The quantitative estimate of drug-likeness (QED) is 0.578. The fraction of sp³-hybridized carbons (Fsp3) is 0.800. The maximum atomic E-state index is 12.0. The third kappa shape index (κ3) is 2.12. The second-order valence-corrected chi connectivity index (χ2v) is 3.94. The summed E-state index contributed by atoms with van der Waals surface area (Å²) in [6, 6.07) is -0.222. The molecule has 0 aromatic heterocycles. The van der Waals surface area contributed by atoms with Crippen LogP contribution in [0.25, 0.3) is 0 Å². The zero-order valence-electron chi connectivity index (χ0n) is 8.72. The highest BCUT2D eigenvalue weighted by Gasteiger charge is 2.33. The van der Waals surface area contributed by atoms with E-state index in [4.69, 9.17) is 4.74 Å². The number of morpholine rings is 1. The summed E-state index contributed by atoms with van der Waals surface area (Å²) in [5.41, 5.74) is 0. The third-order valence-corrected chi connectivity index (χ3v) is 3.04. The largest absolute Gasteiger partial charge is 0.378 e. The minimum Gasteiger partial charge on any atom is -0.378 e. The molecule has 0 saturated carbocycles. The highest BCUT2D eigenvalue weighted by molar-refractivity contribution is 5.84. The van der Waals surface area contributed by atoms with E-state index in [1.807, 2.05) is 0 Å². The summed E-state index contributed by atoms with van der Waals surface area (Å²) in [5, 5.41) is 0. The van der Waals surface area contributed by atoms with E-state index in [1.165, 1.54) is 0 Å². The summed E-state index contributed by atoms with van der Waals surface area (Å²) in [7, 11) is 0. The first-order valence-electron chi connectivity index (χ1n) is 5.40. The van der Waals surface area contributed by atoms with Crippen molar-refractivity contribution in [3.63, 3.8) is 0 Å². The molecule has 5 nitrogen and oxygen atoms in total. The van der Waals surface area contributed by atoms with Gasteiger partial charge in [-0.15, -0.1) is 0 Å². The fourth-order valence-corrected chi connectivity index (χ4v) is 2.17. The number of likely N-dealkylation sites (tertiary alicyclic amines) is 1. The number of carbonyl (C=O) groups is 2. The van der Waals surface area contributed by atoms with Gasteiger partial charge in [0.1, 0.15) is 6.04 Å². The van der Waals surface area contributed by atoms with Crippen molar-refractivity contribution in [2.45, 2.75) is 18.9 Å². The Hall–Kier alpha value is -1.10. The topological polar surface area (TPSA) is 49.9 Å². The van der Waals surface area contributed by atoms with Crippen LogP contribution >= 0.6 is 0 Å². The molecule has 2 saturated heterocycles. The van der Waals surface area contributed by atoms with Crippen LogP contribution in [-0.2, 0) is 14.3 Å². The first-order valence-corrected chi connectivity index (χ1v) is 5.40. The first kappa shape index (κ1) is 10.4. The number of carbonyl (C=O) groups excluding carboxylic acids is 2. The molecule has 0 N–H and O–H groups in total. The standard InChI is InChI=1S/C10H16N2O3/c13-8-12-3-1-2-9(12)10(14)11-4-6-15-7-5-11/h8-9H,1-7H2/t9-/m0/s1. The van der Waals surface area contributed by atoms with Gasteiger partial charge in [0, 0.05) is 19.6 Å². The fourth-order valence-electron chi connectivity index (χ4n) is 2.17. The Morgan fingerprint density at radius 2 is 2.00 bits per heavy atom. The van der Waals surface area contributed by atoms with E-state index in [0.29, 0.717) is 32.8 Å². The molecule has 1 atom stereocenters. The predicted molar refractivity (Wildman–Crippen MR) is 53.2 cm³/mol. The van der Waals surface area contributed by atoms with E-state index in [1.54, 1.807) is 9.80 Å². The Morgan fingerprint density at radius 1 is 1.27 bits per heavy atom. The Bertz CT molecular complexity index is 251. The van der Waals surface area contributed by atoms with E-state index in [-0.39, 0.29) is 11.9 Å². The van der Waals surface area contributed by atoms with Gasteiger partial charge in [-0.2, -0.15) is 0 Å². The summed E-state index contributed by atoms with van der Waals surface area (Å²) in [4.78, 5) is 26.2. The van der Waals surface area contributed by atoms with Crippen LogP contribution in [0, 0.1) is 0 Å². The molecule has 2 fully saturated rings. The van der Waals surface area contributed by atoms with Crippen LogP contribution in [-0.4, -0.2) is 61.0 Å². The summed E-state index contributed by atoms with van der Waals surface area (Å²) in [6.07, 6.45) is 2.52. The lowest BCUT2D eigenvalue weighted by atomic mass is 10.2. The van der Waals surface area contributed by atoms with Gasteiger partial charge in [-0.3, -0.25) is 9.59 Å². The van der Waals surface area contributed by atoms with Crippen molar-refractivity contribution in [3.05, 3.63) is 0 Å². The number of amides is 2. The number of rotatable bonds is 2. The normalized spacial score (nSPS) is 26.8. The molecule has 0 aromatic carbocycles. The lowest BCUT2D eigenvalue weighted by Gasteiger charge is -2.31. The van der Waals surface area contributed by atoms with Crippen molar-refractivity contribution in [2.75, 3.05) is 32.8 Å². The van der Waals surface area contributed by atoms with Crippen LogP contribution in [0.3, 0.4) is 0 Å². The van der Waals surface area contributed by atoms with Crippen LogP contribution in [0.4, 0.5) is 0 Å². The van der Waals surface area contributed by atoms with Crippen LogP contribution in [0.5, 0.6) is 0 Å². The number of ether oxygens (including phenoxy) is 1. The molecule has 0 aliphatic carbocycles. The van der Waals surface area contributed by atoms with Gasteiger partial charge in [0.25, 0.3) is 0 Å². The van der Waals surface area contributed by atoms with Crippen molar-refractivity contribution < 1.29 is 14.3 Å². The highest BCUT2D eigenvalue weighted by atomic mass is 16.5. The van der Waals surface area contributed by atoms with E-state index in [9.17, 15) is 9.59 Å². The molecule has 15 heavy (non-hydrogen) atoms. The molecule has 2 aliphatic rings. The molecule has 84 valence electrons. The molecular formula is C10H16N2O3. The van der Waals surface area contributed by atoms with E-state index in [0.717, 1.165) is 19.3 Å². The molecule has 2 heterocycles. The van der Waals surface area contributed by atoms with Crippen molar-refractivity contribution in [1.82, 2.24) is 9.80 Å². The molecule has 2 aliphatic heterocycles. The van der Waals surface area contributed by atoms with Crippen LogP contribution < -0.4 is 0 Å². The Kier molecular flexibility index (Phi) is 3.20. The minimum absolute atomic E-state index is 0.0860. The van der Waals surface area contributed by atoms with Crippen molar-refractivity contribution in [2.24, 2.45) is 0 Å². The summed E-state index contributed by atoms with van der Waals surface area (Å²) in [6.45, 7) is 3.24. The van der Waals surface area contributed by atoms with E-state index < -0.39 is 0 Å². The van der Waals surface area contributed by atoms with Gasteiger partial charge in [0.2, 0.25) is 12.3 Å². The Morgan fingerprint density at radius 3 is 2.67 bits per heavy atom. The van der Waals surface area contributed by atoms with Gasteiger partial charge in [-0.1, -0.05) is 0 Å². The van der Waals surface area contributed by atoms with Crippen molar-refractivity contribution in [3.8, 4) is 0 Å². The number of nitrogens with zero attached hydrogens (tertiary/aromatic N) is 2. The van der Waals surface area contributed by atoms with Crippen molar-refractivity contribution in [1.29, 1.82) is 0 Å². The predicted octanol–water partition coefficient (Wildman–Crippen LogP) is -0.534. The molecule has 0 bridgehead atoms. The minimum atomic E-state index is -0.222. The van der Waals surface area contributed by atoms with Gasteiger partial charge < -0.3 is 14.5 Å². The molecule has 0 radical (unpaired) electrons. The monoisotopic (exact) mass is 212 g/mol. The summed E-state index contributed by atoms with van der Waals surface area (Å²) < 4.78 is 5.19. The van der Waals surface area contributed by atoms with Gasteiger partial charge in [0.05, 0.1) is 13.2 Å². The average molecular weight is 212 g/mol. The molecule has 0 spiro atoms. The van der Waals surface area contributed by atoms with E-state index >= 15 is 0 Å². The molecular weight excluding hydrogens is 196 g/mol. The summed E-state index contributed by atoms with van der Waals surface area (Å²) in [5.74, 6) is 0.0860. The van der Waals surface area contributed by atoms with Gasteiger partial charge in [-0.05, 0) is 12.8 Å². The number of hydrogen-bond acceptors (Lipinski definition) is 3.